The number of para-hydroxylation sites is 2. The summed E-state index contributed by atoms with van der Waals surface area (Å²) < 4.78 is 5.08. The molecule has 0 atom stereocenters. The second-order valence-corrected chi connectivity index (χ2v) is 11.8. The van der Waals surface area contributed by atoms with E-state index in [1.54, 1.807) is 0 Å². The predicted octanol–water partition coefficient (Wildman–Crippen LogP) is 10.7. The summed E-state index contributed by atoms with van der Waals surface area (Å²) >= 11 is 1.88. The molecule has 2 aromatic heterocycles. The zero-order chi connectivity index (χ0) is 26.6. The first-order valence-electron chi connectivity index (χ1n) is 13.8. The fourth-order valence-electron chi connectivity index (χ4n) is 6.13. The smallest absolute Gasteiger partial charge is 0.0541 e. The van der Waals surface area contributed by atoms with Gasteiger partial charge in [0.25, 0.3) is 0 Å². The highest BCUT2D eigenvalue weighted by Gasteiger charge is 2.12. The lowest BCUT2D eigenvalue weighted by Crippen LogP contribution is -1.95. The van der Waals surface area contributed by atoms with Crippen LogP contribution in [0.25, 0.3) is 58.8 Å². The van der Waals surface area contributed by atoms with Crippen LogP contribution >= 0.6 is 11.3 Å². The minimum absolute atomic E-state index is 0.907. The number of aromatic nitrogens is 1. The van der Waals surface area contributed by atoms with E-state index < -0.39 is 0 Å². The van der Waals surface area contributed by atoms with Crippen LogP contribution in [0, 0.1) is 6.92 Å². The summed E-state index contributed by atoms with van der Waals surface area (Å²) in [5, 5.41) is 5.30. The third kappa shape index (κ3) is 3.84. The Hall–Kier alpha value is -4.66. The quantitative estimate of drug-likeness (QED) is 0.214. The van der Waals surface area contributed by atoms with Crippen molar-refractivity contribution < 1.29 is 0 Å². The normalized spacial score (nSPS) is 11.7. The second kappa shape index (κ2) is 9.22. The van der Waals surface area contributed by atoms with Gasteiger partial charge in [-0.3, -0.25) is 0 Å². The van der Waals surface area contributed by atoms with E-state index in [0.29, 0.717) is 0 Å². The van der Waals surface area contributed by atoms with Crippen LogP contribution < -0.4 is 0 Å². The molecular formula is C38H27NS. The number of benzene rings is 6. The van der Waals surface area contributed by atoms with Crippen LogP contribution in [0.15, 0.2) is 133 Å². The van der Waals surface area contributed by atoms with Crippen molar-refractivity contribution in [1.82, 2.24) is 4.57 Å². The van der Waals surface area contributed by atoms with Crippen molar-refractivity contribution >= 4 is 53.3 Å². The largest absolute Gasteiger partial charge is 0.309 e. The molecule has 0 aliphatic carbocycles. The van der Waals surface area contributed by atoms with Crippen molar-refractivity contribution in [2.75, 3.05) is 0 Å². The van der Waals surface area contributed by atoms with Gasteiger partial charge in [-0.25, -0.2) is 0 Å². The summed E-state index contributed by atoms with van der Waals surface area (Å²) in [5.41, 5.74) is 10.2. The van der Waals surface area contributed by atoms with Crippen LogP contribution in [0.5, 0.6) is 0 Å². The summed E-state index contributed by atoms with van der Waals surface area (Å²) in [4.78, 5) is 0. The Labute approximate surface area is 237 Å². The predicted molar refractivity (Wildman–Crippen MR) is 173 cm³/mol. The standard InChI is InChI=1S/C38H27NS/c1-25-13-19-37-33(21-25)34-24-29(16-20-38(34)40-37)28-8-6-7-27(23-28)22-26-14-17-30(18-15-26)39-35-11-4-2-9-31(35)32-10-3-5-12-36(32)39/h2-21,23-24H,22H2,1H3. The Morgan fingerprint density at radius 1 is 0.500 bits per heavy atom. The zero-order valence-electron chi connectivity index (χ0n) is 22.3. The van der Waals surface area contributed by atoms with Crippen molar-refractivity contribution in [3.05, 3.63) is 150 Å². The molecule has 0 saturated carbocycles. The Kier molecular flexibility index (Phi) is 5.36. The SMILES string of the molecule is Cc1ccc2sc3ccc(-c4cccc(Cc5ccc(-n6c7ccccc7c7ccccc76)cc5)c4)cc3c2c1. The van der Waals surface area contributed by atoms with Crippen molar-refractivity contribution in [3.63, 3.8) is 0 Å². The highest BCUT2D eigenvalue weighted by Crippen LogP contribution is 2.37. The van der Waals surface area contributed by atoms with Gasteiger partial charge in [-0.15, -0.1) is 11.3 Å². The van der Waals surface area contributed by atoms with Crippen molar-refractivity contribution in [3.8, 4) is 16.8 Å². The fourth-order valence-corrected chi connectivity index (χ4v) is 7.20. The molecule has 0 bridgehead atoms. The van der Waals surface area contributed by atoms with E-state index in [-0.39, 0.29) is 0 Å². The van der Waals surface area contributed by atoms with Crippen LogP contribution in [-0.2, 0) is 6.42 Å². The average molecular weight is 530 g/mol. The highest BCUT2D eigenvalue weighted by atomic mass is 32.1. The van der Waals surface area contributed by atoms with Gasteiger partial charge < -0.3 is 4.57 Å². The van der Waals surface area contributed by atoms with E-state index >= 15 is 0 Å². The van der Waals surface area contributed by atoms with Crippen LogP contribution in [0.2, 0.25) is 0 Å². The lowest BCUT2D eigenvalue weighted by atomic mass is 9.98. The molecule has 40 heavy (non-hydrogen) atoms. The van der Waals surface area contributed by atoms with E-state index in [4.69, 9.17) is 0 Å². The first-order chi connectivity index (χ1) is 19.7. The van der Waals surface area contributed by atoms with E-state index in [1.165, 1.54) is 75.5 Å². The molecule has 8 rings (SSSR count). The first kappa shape index (κ1) is 23.2. The second-order valence-electron chi connectivity index (χ2n) is 10.7. The van der Waals surface area contributed by atoms with E-state index in [0.717, 1.165) is 6.42 Å². The topological polar surface area (TPSA) is 4.93 Å². The number of aryl methyl sites for hydroxylation is 1. The minimum Gasteiger partial charge on any atom is -0.309 e. The number of fused-ring (bicyclic) bond motifs is 6. The van der Waals surface area contributed by atoms with Gasteiger partial charge in [0.2, 0.25) is 0 Å². The molecule has 0 N–H and O–H groups in total. The molecule has 0 aliphatic rings. The molecule has 0 aliphatic heterocycles. The summed E-state index contributed by atoms with van der Waals surface area (Å²) in [6, 6.07) is 49.1. The Morgan fingerprint density at radius 3 is 1.90 bits per heavy atom. The maximum Gasteiger partial charge on any atom is 0.0541 e. The molecule has 190 valence electrons. The van der Waals surface area contributed by atoms with Gasteiger partial charge in [0.15, 0.2) is 0 Å². The Bertz CT molecular complexity index is 2140. The van der Waals surface area contributed by atoms with Gasteiger partial charge in [0, 0.05) is 36.6 Å². The summed E-state index contributed by atoms with van der Waals surface area (Å²) in [5.74, 6) is 0. The molecule has 6 aromatic carbocycles. The third-order valence-corrected chi connectivity index (χ3v) is 9.22. The number of hydrogen-bond donors (Lipinski definition) is 0. The van der Waals surface area contributed by atoms with Gasteiger partial charge >= 0.3 is 0 Å². The average Bonchev–Trinajstić information content (AvgIpc) is 3.53. The molecule has 0 amide bonds. The molecular weight excluding hydrogens is 502 g/mol. The van der Waals surface area contributed by atoms with Crippen LogP contribution in [-0.4, -0.2) is 4.57 Å². The Balaban J connectivity index is 1.12. The van der Waals surface area contributed by atoms with E-state index in [9.17, 15) is 0 Å². The summed E-state index contributed by atoms with van der Waals surface area (Å²) in [6.45, 7) is 2.17. The minimum atomic E-state index is 0.907. The van der Waals surface area contributed by atoms with Gasteiger partial charge in [-0.1, -0.05) is 90.5 Å². The van der Waals surface area contributed by atoms with Crippen LogP contribution in [0.1, 0.15) is 16.7 Å². The molecule has 2 heteroatoms. The maximum atomic E-state index is 2.38. The fraction of sp³-hybridized carbons (Fsp3) is 0.0526. The maximum absolute atomic E-state index is 2.38. The lowest BCUT2D eigenvalue weighted by molar-refractivity contribution is 1.15. The van der Waals surface area contributed by atoms with Crippen molar-refractivity contribution in [1.29, 1.82) is 0 Å². The monoisotopic (exact) mass is 529 g/mol. The van der Waals surface area contributed by atoms with Crippen molar-refractivity contribution in [2.24, 2.45) is 0 Å². The number of hydrogen-bond acceptors (Lipinski definition) is 1. The lowest BCUT2D eigenvalue weighted by Gasteiger charge is -2.10. The van der Waals surface area contributed by atoms with Gasteiger partial charge in [0.05, 0.1) is 11.0 Å². The van der Waals surface area contributed by atoms with E-state index in [1.807, 2.05) is 11.3 Å². The van der Waals surface area contributed by atoms with Crippen molar-refractivity contribution in [2.45, 2.75) is 13.3 Å². The first-order valence-corrected chi connectivity index (χ1v) is 14.6. The zero-order valence-corrected chi connectivity index (χ0v) is 23.1. The van der Waals surface area contributed by atoms with Gasteiger partial charge in [-0.05, 0) is 84.1 Å². The van der Waals surface area contributed by atoms with Gasteiger partial charge in [-0.2, -0.15) is 0 Å². The van der Waals surface area contributed by atoms with Crippen LogP contribution in [0.4, 0.5) is 0 Å². The molecule has 0 spiro atoms. The van der Waals surface area contributed by atoms with E-state index in [2.05, 4.69) is 145 Å². The molecule has 0 unspecified atom stereocenters. The summed E-state index contributed by atoms with van der Waals surface area (Å²) in [7, 11) is 0. The number of thiophene rings is 1. The molecule has 2 heterocycles. The van der Waals surface area contributed by atoms with Gasteiger partial charge in [0.1, 0.15) is 0 Å². The molecule has 1 nitrogen and oxygen atoms in total. The highest BCUT2D eigenvalue weighted by molar-refractivity contribution is 7.25. The summed E-state index contributed by atoms with van der Waals surface area (Å²) in [6.07, 6.45) is 0.907. The number of nitrogens with zero attached hydrogens (tertiary/aromatic N) is 1. The third-order valence-electron chi connectivity index (χ3n) is 8.07. The number of rotatable bonds is 4. The van der Waals surface area contributed by atoms with Crippen LogP contribution in [0.3, 0.4) is 0 Å². The molecule has 0 radical (unpaired) electrons. The Morgan fingerprint density at radius 2 is 1.15 bits per heavy atom. The molecule has 0 fully saturated rings. The molecule has 0 saturated heterocycles. The molecule has 8 aromatic rings.